The summed E-state index contributed by atoms with van der Waals surface area (Å²) in [5.74, 6) is 0.585. The molecular formula is C22H30N6O3S. The second-order valence-corrected chi connectivity index (χ2v) is 10.2. The monoisotopic (exact) mass is 458 g/mol. The van der Waals surface area contributed by atoms with Gasteiger partial charge in [-0.3, -0.25) is 4.72 Å². The largest absolute Gasteiger partial charge is 0.393 e. The van der Waals surface area contributed by atoms with Crippen LogP contribution in [-0.4, -0.2) is 52.2 Å². The maximum Gasteiger partial charge on any atom is 0.229 e. The van der Waals surface area contributed by atoms with Crippen LogP contribution in [0.2, 0.25) is 0 Å². The van der Waals surface area contributed by atoms with E-state index in [9.17, 15) is 13.5 Å². The number of sulfonamides is 1. The summed E-state index contributed by atoms with van der Waals surface area (Å²) in [5.41, 5.74) is 2.89. The summed E-state index contributed by atoms with van der Waals surface area (Å²) < 4.78 is 27.4. The van der Waals surface area contributed by atoms with E-state index in [1.54, 1.807) is 18.3 Å². The molecule has 0 spiro atoms. The number of aliphatic hydroxyl groups is 1. The van der Waals surface area contributed by atoms with Crippen LogP contribution in [0.4, 0.5) is 11.6 Å². The lowest BCUT2D eigenvalue weighted by Crippen LogP contribution is -2.22. The second-order valence-electron chi connectivity index (χ2n) is 8.42. The number of nitrogens with one attached hydrogen (secondary N) is 2. The maximum absolute atomic E-state index is 11.5. The van der Waals surface area contributed by atoms with Gasteiger partial charge >= 0.3 is 0 Å². The Kier molecular flexibility index (Phi) is 6.61. The Morgan fingerprint density at radius 3 is 2.53 bits per heavy atom. The first kappa shape index (κ1) is 22.5. The molecule has 0 saturated heterocycles. The molecule has 1 aliphatic carbocycles. The molecule has 1 aliphatic rings. The van der Waals surface area contributed by atoms with E-state index < -0.39 is 10.0 Å². The standard InChI is InChI=1S/C22H30N6O3S/c1-3-4-13-23-22-24-14-19-20(15-5-7-16(8-6-15)27-32(2,30)31)26-28(21(19)25-22)17-9-11-18(29)12-10-17/h5-8,14,17-18,27,29H,3-4,9-13H2,1-2H3,(H,23,24,25). The van der Waals surface area contributed by atoms with E-state index >= 15 is 0 Å². The van der Waals surface area contributed by atoms with Crippen LogP contribution in [0, 0.1) is 0 Å². The fourth-order valence-electron chi connectivity index (χ4n) is 4.07. The predicted molar refractivity (Wildman–Crippen MR) is 126 cm³/mol. The quantitative estimate of drug-likeness (QED) is 0.441. The van der Waals surface area contributed by atoms with E-state index in [0.29, 0.717) is 11.6 Å². The number of nitrogens with zero attached hydrogens (tertiary/aromatic N) is 4. The van der Waals surface area contributed by atoms with Gasteiger partial charge in [-0.25, -0.2) is 18.1 Å². The van der Waals surface area contributed by atoms with Gasteiger partial charge in [0.2, 0.25) is 16.0 Å². The molecule has 3 N–H and O–H groups in total. The zero-order valence-corrected chi connectivity index (χ0v) is 19.3. The molecule has 1 aromatic carbocycles. The summed E-state index contributed by atoms with van der Waals surface area (Å²) in [5, 5.41) is 19.0. The number of benzene rings is 1. The highest BCUT2D eigenvalue weighted by Gasteiger charge is 2.25. The number of fused-ring (bicyclic) bond motifs is 1. The zero-order valence-electron chi connectivity index (χ0n) is 18.5. The van der Waals surface area contributed by atoms with Crippen molar-refractivity contribution in [2.45, 2.75) is 57.6 Å². The molecule has 172 valence electrons. The van der Waals surface area contributed by atoms with Crippen LogP contribution >= 0.6 is 0 Å². The smallest absolute Gasteiger partial charge is 0.229 e. The second kappa shape index (κ2) is 9.41. The fourth-order valence-corrected chi connectivity index (χ4v) is 4.63. The van der Waals surface area contributed by atoms with Gasteiger partial charge in [-0.2, -0.15) is 10.1 Å². The Labute approximate surface area is 188 Å². The van der Waals surface area contributed by atoms with Crippen LogP contribution in [0.25, 0.3) is 22.3 Å². The van der Waals surface area contributed by atoms with Crippen LogP contribution in [0.1, 0.15) is 51.5 Å². The van der Waals surface area contributed by atoms with Gasteiger partial charge in [0.15, 0.2) is 5.65 Å². The normalized spacial score (nSPS) is 19.2. The molecule has 1 saturated carbocycles. The van der Waals surface area contributed by atoms with Crippen molar-refractivity contribution in [2.24, 2.45) is 0 Å². The summed E-state index contributed by atoms with van der Waals surface area (Å²) >= 11 is 0. The lowest BCUT2D eigenvalue weighted by molar-refractivity contribution is 0.109. The molecule has 0 atom stereocenters. The number of hydrogen-bond acceptors (Lipinski definition) is 7. The molecule has 1 fully saturated rings. The maximum atomic E-state index is 11.5. The zero-order chi connectivity index (χ0) is 22.7. The van der Waals surface area contributed by atoms with Gasteiger partial charge in [-0.1, -0.05) is 25.5 Å². The van der Waals surface area contributed by atoms with Crippen molar-refractivity contribution in [1.29, 1.82) is 0 Å². The first-order chi connectivity index (χ1) is 15.3. The first-order valence-corrected chi connectivity index (χ1v) is 13.0. The predicted octanol–water partition coefficient (Wildman–Crippen LogP) is 3.55. The highest BCUT2D eigenvalue weighted by atomic mass is 32.2. The third-order valence-electron chi connectivity index (χ3n) is 5.74. The van der Waals surface area contributed by atoms with Crippen molar-refractivity contribution < 1.29 is 13.5 Å². The van der Waals surface area contributed by atoms with Crippen molar-refractivity contribution in [3.8, 4) is 11.3 Å². The molecule has 2 heterocycles. The SMILES string of the molecule is CCCCNc1ncc2c(-c3ccc(NS(C)(=O)=O)cc3)nn(C3CCC(O)CC3)c2n1. The average Bonchev–Trinajstić information content (AvgIpc) is 3.13. The van der Waals surface area contributed by atoms with Crippen molar-refractivity contribution in [3.05, 3.63) is 30.5 Å². The van der Waals surface area contributed by atoms with Gasteiger partial charge in [0.05, 0.1) is 23.8 Å². The Hall–Kier alpha value is -2.72. The van der Waals surface area contributed by atoms with E-state index in [1.807, 2.05) is 16.8 Å². The van der Waals surface area contributed by atoms with Gasteiger partial charge in [-0.05, 0) is 44.2 Å². The van der Waals surface area contributed by atoms with Gasteiger partial charge in [0.1, 0.15) is 5.69 Å². The number of aliphatic hydroxyl groups excluding tert-OH is 1. The molecular weight excluding hydrogens is 428 g/mol. The van der Waals surface area contributed by atoms with E-state index in [1.165, 1.54) is 0 Å². The fraction of sp³-hybridized carbons (Fsp3) is 0.500. The van der Waals surface area contributed by atoms with Crippen LogP contribution in [0.5, 0.6) is 0 Å². The molecule has 0 bridgehead atoms. The number of aromatic nitrogens is 4. The molecule has 2 aromatic heterocycles. The van der Waals surface area contributed by atoms with Crippen molar-refractivity contribution in [2.75, 3.05) is 22.8 Å². The van der Waals surface area contributed by atoms with E-state index in [0.717, 1.165) is 73.6 Å². The molecule has 0 radical (unpaired) electrons. The van der Waals surface area contributed by atoms with Crippen molar-refractivity contribution >= 4 is 32.7 Å². The lowest BCUT2D eigenvalue weighted by Gasteiger charge is -2.25. The Bertz CT molecular complexity index is 1170. The Morgan fingerprint density at radius 2 is 1.88 bits per heavy atom. The summed E-state index contributed by atoms with van der Waals surface area (Å²) in [6, 6.07) is 7.30. The molecule has 0 amide bonds. The van der Waals surface area contributed by atoms with Gasteiger partial charge in [0, 0.05) is 24.0 Å². The number of hydrogen-bond donors (Lipinski definition) is 3. The molecule has 10 heteroatoms. The molecule has 0 aliphatic heterocycles. The number of unbranched alkanes of at least 4 members (excludes halogenated alkanes) is 1. The molecule has 3 aromatic rings. The minimum atomic E-state index is -3.34. The van der Waals surface area contributed by atoms with E-state index in [4.69, 9.17) is 10.1 Å². The summed E-state index contributed by atoms with van der Waals surface area (Å²) in [6.07, 6.45) is 8.00. The molecule has 4 rings (SSSR count). The number of rotatable bonds is 8. The van der Waals surface area contributed by atoms with Crippen LogP contribution in [-0.2, 0) is 10.0 Å². The van der Waals surface area contributed by atoms with Crippen LogP contribution < -0.4 is 10.0 Å². The lowest BCUT2D eigenvalue weighted by atomic mass is 9.93. The third kappa shape index (κ3) is 5.18. The highest BCUT2D eigenvalue weighted by Crippen LogP contribution is 2.34. The first-order valence-electron chi connectivity index (χ1n) is 11.1. The van der Waals surface area contributed by atoms with E-state index in [-0.39, 0.29) is 12.1 Å². The number of anilines is 2. The summed E-state index contributed by atoms with van der Waals surface area (Å²) in [7, 11) is -3.34. The van der Waals surface area contributed by atoms with Gasteiger partial charge < -0.3 is 10.4 Å². The van der Waals surface area contributed by atoms with Crippen LogP contribution in [0.15, 0.2) is 30.5 Å². The third-order valence-corrected chi connectivity index (χ3v) is 6.34. The summed E-state index contributed by atoms with van der Waals surface area (Å²) in [4.78, 5) is 9.27. The van der Waals surface area contributed by atoms with Gasteiger partial charge in [-0.15, -0.1) is 0 Å². The minimum absolute atomic E-state index is 0.166. The Morgan fingerprint density at radius 1 is 1.16 bits per heavy atom. The highest BCUT2D eigenvalue weighted by molar-refractivity contribution is 7.92. The van der Waals surface area contributed by atoms with E-state index in [2.05, 4.69) is 21.9 Å². The van der Waals surface area contributed by atoms with Crippen molar-refractivity contribution in [3.63, 3.8) is 0 Å². The molecule has 0 unspecified atom stereocenters. The average molecular weight is 459 g/mol. The molecule has 9 nitrogen and oxygen atoms in total. The van der Waals surface area contributed by atoms with Gasteiger partial charge in [0.25, 0.3) is 0 Å². The summed E-state index contributed by atoms with van der Waals surface area (Å²) in [6.45, 7) is 2.95. The minimum Gasteiger partial charge on any atom is -0.393 e. The Balaban J connectivity index is 1.72. The van der Waals surface area contributed by atoms with Crippen LogP contribution in [0.3, 0.4) is 0 Å². The topological polar surface area (TPSA) is 122 Å². The van der Waals surface area contributed by atoms with Crippen molar-refractivity contribution in [1.82, 2.24) is 19.7 Å². The molecule has 32 heavy (non-hydrogen) atoms.